The quantitative estimate of drug-likeness (QED) is 0.513. The van der Waals surface area contributed by atoms with Gasteiger partial charge in [0.25, 0.3) is 0 Å². The standard InChI is InChI=1S/C24H23N5O3/c1-24(14-30-15-24)32-19-6-4-18(5-7-19)27-21-22-25-8-9-29(22)13-20(28-21)17-11-16-3-2-10-31-23(16)26-12-17/h4-9,11-13H,2-3,10,14-15H2,1H3,(H,27,28). The first-order valence-electron chi connectivity index (χ1n) is 10.7. The number of ether oxygens (including phenoxy) is 3. The SMILES string of the molecule is CC1(Oc2ccc(Nc3nc(-c4cnc5c(c4)CCCO5)cn4ccnc34)cc2)COC1. The van der Waals surface area contributed by atoms with Crippen molar-refractivity contribution < 1.29 is 14.2 Å². The second-order valence-corrected chi connectivity index (χ2v) is 8.47. The summed E-state index contributed by atoms with van der Waals surface area (Å²) >= 11 is 0. The lowest BCUT2D eigenvalue weighted by molar-refractivity contribution is -0.149. The zero-order valence-electron chi connectivity index (χ0n) is 17.7. The number of hydrogen-bond donors (Lipinski definition) is 1. The lowest BCUT2D eigenvalue weighted by Crippen LogP contribution is -2.51. The molecule has 6 rings (SSSR count). The number of aromatic nitrogens is 4. The fourth-order valence-electron chi connectivity index (χ4n) is 4.01. The number of nitrogens with zero attached hydrogens (tertiary/aromatic N) is 4. The molecule has 2 aliphatic rings. The maximum atomic E-state index is 6.02. The van der Waals surface area contributed by atoms with Crippen LogP contribution in [0.1, 0.15) is 18.9 Å². The lowest BCUT2D eigenvalue weighted by Gasteiger charge is -2.38. The average Bonchev–Trinajstić information content (AvgIpc) is 3.28. The Bertz CT molecular complexity index is 1280. The van der Waals surface area contributed by atoms with Crippen molar-refractivity contribution in [3.8, 4) is 22.9 Å². The van der Waals surface area contributed by atoms with Crippen LogP contribution in [-0.2, 0) is 11.2 Å². The molecule has 1 aromatic carbocycles. The van der Waals surface area contributed by atoms with E-state index >= 15 is 0 Å². The highest BCUT2D eigenvalue weighted by Crippen LogP contribution is 2.30. The molecule has 0 radical (unpaired) electrons. The van der Waals surface area contributed by atoms with Gasteiger partial charge in [-0.2, -0.15) is 0 Å². The molecule has 0 spiro atoms. The van der Waals surface area contributed by atoms with Gasteiger partial charge >= 0.3 is 0 Å². The molecule has 0 unspecified atom stereocenters. The summed E-state index contributed by atoms with van der Waals surface area (Å²) in [7, 11) is 0. The van der Waals surface area contributed by atoms with Crippen LogP contribution in [-0.4, -0.2) is 44.8 Å². The van der Waals surface area contributed by atoms with Gasteiger partial charge < -0.3 is 23.9 Å². The topological polar surface area (TPSA) is 82.8 Å². The number of hydrogen-bond acceptors (Lipinski definition) is 7. The number of nitrogens with one attached hydrogen (secondary N) is 1. The summed E-state index contributed by atoms with van der Waals surface area (Å²) < 4.78 is 18.9. The molecular formula is C24H23N5O3. The molecule has 0 atom stereocenters. The Morgan fingerprint density at radius 3 is 2.84 bits per heavy atom. The summed E-state index contributed by atoms with van der Waals surface area (Å²) in [5, 5.41) is 3.40. The summed E-state index contributed by atoms with van der Waals surface area (Å²) in [6.45, 7) is 4.01. The largest absolute Gasteiger partial charge is 0.483 e. The van der Waals surface area contributed by atoms with Crippen molar-refractivity contribution in [3.05, 3.63) is 60.7 Å². The van der Waals surface area contributed by atoms with Gasteiger partial charge in [-0.3, -0.25) is 0 Å². The molecule has 4 aromatic rings. The van der Waals surface area contributed by atoms with Crippen LogP contribution < -0.4 is 14.8 Å². The molecule has 0 bridgehead atoms. The second-order valence-electron chi connectivity index (χ2n) is 8.47. The van der Waals surface area contributed by atoms with Crippen molar-refractivity contribution in [2.24, 2.45) is 0 Å². The Labute approximate surface area is 185 Å². The zero-order valence-corrected chi connectivity index (χ0v) is 17.7. The average molecular weight is 429 g/mol. The zero-order chi connectivity index (χ0) is 21.5. The summed E-state index contributed by atoms with van der Waals surface area (Å²) in [6.07, 6.45) is 9.44. The van der Waals surface area contributed by atoms with Gasteiger partial charge in [-0.05, 0) is 50.1 Å². The van der Waals surface area contributed by atoms with Crippen LogP contribution in [0.25, 0.3) is 16.9 Å². The monoisotopic (exact) mass is 429 g/mol. The Morgan fingerprint density at radius 2 is 2.03 bits per heavy atom. The number of aryl methyl sites for hydroxylation is 1. The van der Waals surface area contributed by atoms with Crippen LogP contribution in [0.4, 0.5) is 11.5 Å². The Hall–Kier alpha value is -3.65. The maximum Gasteiger partial charge on any atom is 0.216 e. The van der Waals surface area contributed by atoms with E-state index in [0.29, 0.717) is 19.0 Å². The van der Waals surface area contributed by atoms with E-state index in [4.69, 9.17) is 19.2 Å². The molecular weight excluding hydrogens is 406 g/mol. The Morgan fingerprint density at radius 1 is 1.16 bits per heavy atom. The summed E-state index contributed by atoms with van der Waals surface area (Å²) in [6, 6.07) is 9.97. The molecule has 0 aliphatic carbocycles. The van der Waals surface area contributed by atoms with E-state index in [9.17, 15) is 0 Å². The van der Waals surface area contributed by atoms with Gasteiger partial charge in [-0.1, -0.05) is 0 Å². The van der Waals surface area contributed by atoms with E-state index in [2.05, 4.69) is 28.3 Å². The molecule has 8 heteroatoms. The minimum Gasteiger partial charge on any atom is -0.483 e. The molecule has 0 saturated carbocycles. The smallest absolute Gasteiger partial charge is 0.216 e. The first-order valence-corrected chi connectivity index (χ1v) is 10.7. The van der Waals surface area contributed by atoms with Crippen molar-refractivity contribution >= 4 is 17.2 Å². The fourth-order valence-corrected chi connectivity index (χ4v) is 4.01. The van der Waals surface area contributed by atoms with Gasteiger partial charge in [0, 0.05) is 41.6 Å². The summed E-state index contributed by atoms with van der Waals surface area (Å²) in [4.78, 5) is 13.8. The van der Waals surface area contributed by atoms with Crippen LogP contribution >= 0.6 is 0 Å². The minimum atomic E-state index is -0.235. The second kappa shape index (κ2) is 7.49. The highest BCUT2D eigenvalue weighted by molar-refractivity contribution is 5.74. The van der Waals surface area contributed by atoms with E-state index in [1.54, 1.807) is 6.20 Å². The van der Waals surface area contributed by atoms with Crippen molar-refractivity contribution in [2.45, 2.75) is 25.4 Å². The minimum absolute atomic E-state index is 0.235. The summed E-state index contributed by atoms with van der Waals surface area (Å²) in [5.41, 5.74) is 4.31. The summed E-state index contributed by atoms with van der Waals surface area (Å²) in [5.74, 6) is 2.22. The van der Waals surface area contributed by atoms with Gasteiger partial charge in [0.05, 0.1) is 25.5 Å². The van der Waals surface area contributed by atoms with Gasteiger partial charge in [0.15, 0.2) is 17.1 Å². The van der Waals surface area contributed by atoms with E-state index in [-0.39, 0.29) is 5.60 Å². The van der Waals surface area contributed by atoms with E-state index in [1.807, 2.05) is 47.3 Å². The van der Waals surface area contributed by atoms with Crippen LogP contribution in [0.2, 0.25) is 0 Å². The molecule has 1 saturated heterocycles. The number of imidazole rings is 1. The Kier molecular flexibility index (Phi) is 4.46. The lowest BCUT2D eigenvalue weighted by atomic mass is 10.1. The van der Waals surface area contributed by atoms with E-state index in [1.165, 1.54) is 0 Å². The van der Waals surface area contributed by atoms with Crippen molar-refractivity contribution in [1.82, 2.24) is 19.4 Å². The van der Waals surface area contributed by atoms with Gasteiger partial charge in [0.2, 0.25) is 5.88 Å². The highest BCUT2D eigenvalue weighted by Gasteiger charge is 2.35. The number of benzene rings is 1. The molecule has 0 amide bonds. The molecule has 8 nitrogen and oxygen atoms in total. The molecule has 5 heterocycles. The normalized spacial score (nSPS) is 16.7. The van der Waals surface area contributed by atoms with Crippen molar-refractivity contribution in [3.63, 3.8) is 0 Å². The first kappa shape index (κ1) is 19.1. The predicted molar refractivity (Wildman–Crippen MR) is 120 cm³/mol. The highest BCUT2D eigenvalue weighted by atomic mass is 16.6. The predicted octanol–water partition coefficient (Wildman–Crippen LogP) is 4.03. The third-order valence-electron chi connectivity index (χ3n) is 5.72. The van der Waals surface area contributed by atoms with Crippen LogP contribution in [0.15, 0.2) is 55.1 Å². The van der Waals surface area contributed by atoms with Crippen LogP contribution in [0.3, 0.4) is 0 Å². The fraction of sp³-hybridized carbons (Fsp3) is 0.292. The molecule has 3 aromatic heterocycles. The third-order valence-corrected chi connectivity index (χ3v) is 5.72. The van der Waals surface area contributed by atoms with E-state index in [0.717, 1.165) is 59.2 Å². The molecule has 32 heavy (non-hydrogen) atoms. The number of rotatable bonds is 5. The van der Waals surface area contributed by atoms with Crippen LogP contribution in [0.5, 0.6) is 11.6 Å². The van der Waals surface area contributed by atoms with E-state index < -0.39 is 0 Å². The molecule has 2 aliphatic heterocycles. The van der Waals surface area contributed by atoms with Crippen molar-refractivity contribution in [2.75, 3.05) is 25.1 Å². The number of fused-ring (bicyclic) bond motifs is 2. The molecule has 162 valence electrons. The third kappa shape index (κ3) is 3.52. The van der Waals surface area contributed by atoms with Gasteiger partial charge in [-0.25, -0.2) is 15.0 Å². The number of pyridine rings is 1. The van der Waals surface area contributed by atoms with Crippen LogP contribution in [0, 0.1) is 0 Å². The first-order chi connectivity index (χ1) is 15.7. The van der Waals surface area contributed by atoms with Gasteiger partial charge in [-0.15, -0.1) is 0 Å². The molecule has 1 N–H and O–H groups in total. The number of anilines is 2. The van der Waals surface area contributed by atoms with Crippen molar-refractivity contribution in [1.29, 1.82) is 0 Å². The Balaban J connectivity index is 1.30. The maximum absolute atomic E-state index is 6.02. The van der Waals surface area contributed by atoms with Gasteiger partial charge in [0.1, 0.15) is 5.75 Å². The molecule has 1 fully saturated rings.